The Labute approximate surface area is 137 Å². The molecule has 0 saturated heterocycles. The summed E-state index contributed by atoms with van der Waals surface area (Å²) >= 11 is 1.85. The topological polar surface area (TPSA) is 23.6 Å². The predicted octanol–water partition coefficient (Wildman–Crippen LogP) is 3.58. The lowest BCUT2D eigenvalue weighted by atomic mass is 10.2. The third-order valence-electron chi connectivity index (χ3n) is 3.68. The summed E-state index contributed by atoms with van der Waals surface area (Å²) < 4.78 is 0. The molecule has 0 fully saturated rings. The van der Waals surface area contributed by atoms with Crippen LogP contribution in [0.5, 0.6) is 0 Å². The van der Waals surface area contributed by atoms with E-state index in [1.54, 1.807) is 0 Å². The first-order valence-corrected chi connectivity index (χ1v) is 8.54. The van der Waals surface area contributed by atoms with Crippen LogP contribution >= 0.6 is 11.8 Å². The maximum atomic E-state index is 12.8. The minimum absolute atomic E-state index is 0.144. The lowest BCUT2D eigenvalue weighted by Gasteiger charge is -2.26. The first-order valence-electron chi connectivity index (χ1n) is 7.66. The van der Waals surface area contributed by atoms with Gasteiger partial charge in [-0.1, -0.05) is 31.2 Å². The summed E-state index contributed by atoms with van der Waals surface area (Å²) in [6, 6.07) is 8.19. The minimum Gasteiger partial charge on any atom is -0.310 e. The Hall–Kier alpha value is -1.52. The third-order valence-corrected chi connectivity index (χ3v) is 4.92. The number of carbonyl (C=O) groups excluding carboxylic acids is 1. The van der Waals surface area contributed by atoms with Gasteiger partial charge in [0, 0.05) is 29.8 Å². The van der Waals surface area contributed by atoms with Gasteiger partial charge in [-0.2, -0.15) is 0 Å². The molecular formula is C18H24N2OS. The van der Waals surface area contributed by atoms with Crippen molar-refractivity contribution in [3.8, 4) is 0 Å². The molecule has 0 radical (unpaired) electrons. The van der Waals surface area contributed by atoms with E-state index >= 15 is 0 Å². The number of amides is 1. The van der Waals surface area contributed by atoms with Crippen molar-refractivity contribution >= 4 is 23.4 Å². The Kier molecular flexibility index (Phi) is 6.28. The number of hydrogen-bond donors (Lipinski definition) is 0. The van der Waals surface area contributed by atoms with Crippen molar-refractivity contribution in [1.29, 1.82) is 0 Å². The van der Waals surface area contributed by atoms with Crippen LogP contribution in [0.25, 0.3) is 0 Å². The highest BCUT2D eigenvalue weighted by atomic mass is 32.2. The Bertz CT molecular complexity index is 534. The zero-order valence-corrected chi connectivity index (χ0v) is 14.0. The first-order chi connectivity index (χ1) is 10.7. The molecule has 1 aromatic rings. The van der Waals surface area contributed by atoms with Crippen LogP contribution in [0.1, 0.15) is 13.3 Å². The third kappa shape index (κ3) is 4.24. The molecule has 0 saturated carbocycles. The monoisotopic (exact) mass is 316 g/mol. The molecule has 0 aliphatic carbocycles. The zero-order chi connectivity index (χ0) is 15.9. The number of carbonyl (C=O) groups is 1. The lowest BCUT2D eigenvalue weighted by molar-refractivity contribution is -0.119. The first kappa shape index (κ1) is 16.8. The second-order valence-electron chi connectivity index (χ2n) is 5.50. The van der Waals surface area contributed by atoms with E-state index < -0.39 is 0 Å². The van der Waals surface area contributed by atoms with Gasteiger partial charge in [0.2, 0.25) is 5.91 Å². The van der Waals surface area contributed by atoms with Crippen molar-refractivity contribution in [3.05, 3.63) is 49.6 Å². The Balaban J connectivity index is 2.17. The molecule has 1 amide bonds. The van der Waals surface area contributed by atoms with Gasteiger partial charge in [0.25, 0.3) is 0 Å². The molecule has 1 heterocycles. The molecule has 1 atom stereocenters. The van der Waals surface area contributed by atoms with Crippen LogP contribution in [0.4, 0.5) is 5.69 Å². The molecule has 1 aromatic carbocycles. The molecule has 1 aliphatic rings. The zero-order valence-electron chi connectivity index (χ0n) is 13.2. The molecule has 1 unspecified atom stereocenters. The SMILES string of the molecule is C=CCN(CC=C)CC(=O)N1CCC(C)Sc2ccccc21. The van der Waals surface area contributed by atoms with E-state index in [1.165, 1.54) is 4.90 Å². The van der Waals surface area contributed by atoms with Crippen LogP contribution in [0, 0.1) is 0 Å². The summed E-state index contributed by atoms with van der Waals surface area (Å²) in [5.41, 5.74) is 1.04. The van der Waals surface area contributed by atoms with E-state index in [-0.39, 0.29) is 5.91 Å². The van der Waals surface area contributed by atoms with Crippen molar-refractivity contribution < 1.29 is 4.79 Å². The van der Waals surface area contributed by atoms with Crippen molar-refractivity contribution in [2.24, 2.45) is 0 Å². The van der Waals surface area contributed by atoms with E-state index in [1.807, 2.05) is 51.9 Å². The van der Waals surface area contributed by atoms with Gasteiger partial charge < -0.3 is 4.90 Å². The van der Waals surface area contributed by atoms with Crippen LogP contribution in [0.3, 0.4) is 0 Å². The van der Waals surface area contributed by atoms with E-state index in [0.29, 0.717) is 24.9 Å². The minimum atomic E-state index is 0.144. The molecular weight excluding hydrogens is 292 g/mol. The molecule has 4 heteroatoms. The highest BCUT2D eigenvalue weighted by Gasteiger charge is 2.24. The van der Waals surface area contributed by atoms with Crippen LogP contribution in [0.15, 0.2) is 54.5 Å². The van der Waals surface area contributed by atoms with Crippen LogP contribution < -0.4 is 4.90 Å². The second kappa shape index (κ2) is 8.20. The number of hydrogen-bond acceptors (Lipinski definition) is 3. The second-order valence-corrected chi connectivity index (χ2v) is 6.98. The van der Waals surface area contributed by atoms with Gasteiger partial charge in [-0.05, 0) is 18.6 Å². The van der Waals surface area contributed by atoms with E-state index in [9.17, 15) is 4.79 Å². The van der Waals surface area contributed by atoms with Gasteiger partial charge in [0.15, 0.2) is 0 Å². The van der Waals surface area contributed by atoms with E-state index in [2.05, 4.69) is 26.1 Å². The summed E-state index contributed by atoms with van der Waals surface area (Å²) in [6.45, 7) is 12.3. The Morgan fingerprint density at radius 1 is 1.36 bits per heavy atom. The van der Waals surface area contributed by atoms with Crippen molar-refractivity contribution in [3.63, 3.8) is 0 Å². The van der Waals surface area contributed by atoms with E-state index in [4.69, 9.17) is 0 Å². The van der Waals surface area contributed by atoms with Crippen molar-refractivity contribution in [1.82, 2.24) is 4.90 Å². The lowest BCUT2D eigenvalue weighted by Crippen LogP contribution is -2.41. The maximum Gasteiger partial charge on any atom is 0.241 e. The number of rotatable bonds is 6. The fourth-order valence-corrected chi connectivity index (χ4v) is 3.70. The molecule has 0 aromatic heterocycles. The normalized spacial score (nSPS) is 17.7. The Morgan fingerprint density at radius 3 is 2.73 bits per heavy atom. The number of benzene rings is 1. The van der Waals surface area contributed by atoms with Crippen LogP contribution in [-0.2, 0) is 4.79 Å². The standard InChI is InChI=1S/C18H24N2OS/c1-4-11-19(12-5-2)14-18(21)20-13-10-15(3)22-17-9-7-6-8-16(17)20/h4-9,15H,1-2,10-14H2,3H3. The number of nitrogens with zero attached hydrogens (tertiary/aromatic N) is 2. The molecule has 22 heavy (non-hydrogen) atoms. The number of thioether (sulfide) groups is 1. The van der Waals surface area contributed by atoms with Gasteiger partial charge in [-0.3, -0.25) is 9.69 Å². The van der Waals surface area contributed by atoms with Crippen molar-refractivity contribution in [2.75, 3.05) is 31.1 Å². The summed E-state index contributed by atoms with van der Waals surface area (Å²) in [7, 11) is 0. The van der Waals surface area contributed by atoms with E-state index in [0.717, 1.165) is 18.7 Å². The summed E-state index contributed by atoms with van der Waals surface area (Å²) in [4.78, 5) is 18.0. The Morgan fingerprint density at radius 2 is 2.05 bits per heavy atom. The number of para-hydroxylation sites is 1. The smallest absolute Gasteiger partial charge is 0.241 e. The number of anilines is 1. The molecule has 1 aliphatic heterocycles. The molecule has 0 bridgehead atoms. The molecule has 118 valence electrons. The summed E-state index contributed by atoms with van der Waals surface area (Å²) in [6.07, 6.45) is 4.66. The highest BCUT2D eigenvalue weighted by molar-refractivity contribution is 8.00. The van der Waals surface area contributed by atoms with Crippen molar-refractivity contribution in [2.45, 2.75) is 23.5 Å². The average molecular weight is 316 g/mol. The van der Waals surface area contributed by atoms with Gasteiger partial charge in [-0.15, -0.1) is 24.9 Å². The molecule has 2 rings (SSSR count). The summed E-state index contributed by atoms with van der Waals surface area (Å²) in [5, 5.41) is 0.524. The quantitative estimate of drug-likeness (QED) is 0.750. The van der Waals surface area contributed by atoms with Crippen LogP contribution in [-0.4, -0.2) is 42.2 Å². The molecule has 3 nitrogen and oxygen atoms in total. The molecule has 0 spiro atoms. The fraction of sp³-hybridized carbons (Fsp3) is 0.389. The number of fused-ring (bicyclic) bond motifs is 1. The van der Waals surface area contributed by atoms with Gasteiger partial charge in [0.1, 0.15) is 0 Å². The predicted molar refractivity (Wildman–Crippen MR) is 95.6 cm³/mol. The van der Waals surface area contributed by atoms with Gasteiger partial charge >= 0.3 is 0 Å². The molecule has 0 N–H and O–H groups in total. The maximum absolute atomic E-state index is 12.8. The summed E-state index contributed by atoms with van der Waals surface area (Å²) in [5.74, 6) is 0.144. The van der Waals surface area contributed by atoms with Gasteiger partial charge in [0.05, 0.1) is 12.2 Å². The highest BCUT2D eigenvalue weighted by Crippen LogP contribution is 2.37. The largest absolute Gasteiger partial charge is 0.310 e. The van der Waals surface area contributed by atoms with Gasteiger partial charge in [-0.25, -0.2) is 0 Å². The fourth-order valence-electron chi connectivity index (χ4n) is 2.59. The van der Waals surface area contributed by atoms with Crippen LogP contribution in [0.2, 0.25) is 0 Å². The average Bonchev–Trinajstić information content (AvgIpc) is 2.66.